The first-order chi connectivity index (χ1) is 12.9. The number of pyridine rings is 1. The van der Waals surface area contributed by atoms with Crippen LogP contribution in [0.3, 0.4) is 0 Å². The van der Waals surface area contributed by atoms with Gasteiger partial charge in [0.1, 0.15) is 17.3 Å². The lowest BCUT2D eigenvalue weighted by Crippen LogP contribution is -2.17. The van der Waals surface area contributed by atoms with Crippen LogP contribution in [-0.4, -0.2) is 16.8 Å². The van der Waals surface area contributed by atoms with Gasteiger partial charge >= 0.3 is 0 Å². The highest BCUT2D eigenvalue weighted by molar-refractivity contribution is 6.07. The molecule has 0 radical (unpaired) electrons. The summed E-state index contributed by atoms with van der Waals surface area (Å²) >= 11 is 0. The minimum absolute atomic E-state index is 0.0304. The van der Waals surface area contributed by atoms with Crippen molar-refractivity contribution in [2.75, 3.05) is 10.6 Å². The maximum atomic E-state index is 13.7. The van der Waals surface area contributed by atoms with E-state index >= 15 is 0 Å². The van der Waals surface area contributed by atoms with Crippen LogP contribution in [0.5, 0.6) is 0 Å². The molecule has 27 heavy (non-hydrogen) atoms. The monoisotopic (exact) mass is 367 g/mol. The topological polar surface area (TPSA) is 71.1 Å². The van der Waals surface area contributed by atoms with E-state index in [1.165, 1.54) is 18.3 Å². The Morgan fingerprint density at radius 3 is 2.33 bits per heavy atom. The first-order valence-corrected chi connectivity index (χ1v) is 8.03. The van der Waals surface area contributed by atoms with Crippen molar-refractivity contribution in [1.82, 2.24) is 4.98 Å². The second-order valence-electron chi connectivity index (χ2n) is 5.83. The Morgan fingerprint density at radius 2 is 1.63 bits per heavy atom. The van der Waals surface area contributed by atoms with Crippen molar-refractivity contribution in [1.29, 1.82) is 0 Å². The van der Waals surface area contributed by atoms with Crippen LogP contribution in [0.1, 0.15) is 26.4 Å². The van der Waals surface area contributed by atoms with Gasteiger partial charge in [0, 0.05) is 23.5 Å². The van der Waals surface area contributed by atoms with E-state index in [2.05, 4.69) is 15.6 Å². The summed E-state index contributed by atoms with van der Waals surface area (Å²) < 4.78 is 26.6. The van der Waals surface area contributed by atoms with Gasteiger partial charge in [-0.3, -0.25) is 14.6 Å². The number of benzene rings is 2. The molecule has 0 aliphatic carbocycles. The van der Waals surface area contributed by atoms with Crippen LogP contribution in [-0.2, 0) is 0 Å². The standard InChI is InChI=1S/C20H15F2N3O2/c1-12-2-5-15(6-3-12)24-20(27)18-10-13(8-9-23-18)19(26)25-17-7-4-14(21)11-16(17)22/h2-11H,1H3,(H,24,27)(H,25,26). The minimum atomic E-state index is -0.894. The van der Waals surface area contributed by atoms with Crippen LogP contribution in [0.4, 0.5) is 20.2 Å². The number of halogens is 2. The van der Waals surface area contributed by atoms with Gasteiger partial charge in [0.25, 0.3) is 11.8 Å². The predicted octanol–water partition coefficient (Wildman–Crippen LogP) is 4.17. The van der Waals surface area contributed by atoms with E-state index in [1.807, 2.05) is 19.1 Å². The molecule has 2 N–H and O–H groups in total. The quantitative estimate of drug-likeness (QED) is 0.727. The summed E-state index contributed by atoms with van der Waals surface area (Å²) in [6.45, 7) is 1.93. The van der Waals surface area contributed by atoms with Gasteiger partial charge in [-0.15, -0.1) is 0 Å². The first-order valence-electron chi connectivity index (χ1n) is 8.03. The molecule has 2 amide bonds. The number of hydrogen-bond donors (Lipinski definition) is 2. The van der Waals surface area contributed by atoms with E-state index in [1.54, 1.807) is 12.1 Å². The largest absolute Gasteiger partial charge is 0.321 e. The smallest absolute Gasteiger partial charge is 0.274 e. The third-order valence-corrected chi connectivity index (χ3v) is 3.74. The molecule has 7 heteroatoms. The Labute approximate surface area is 154 Å². The lowest BCUT2D eigenvalue weighted by Gasteiger charge is -2.08. The maximum Gasteiger partial charge on any atom is 0.274 e. The van der Waals surface area contributed by atoms with E-state index in [-0.39, 0.29) is 16.9 Å². The fourth-order valence-electron chi connectivity index (χ4n) is 2.31. The number of nitrogens with one attached hydrogen (secondary N) is 2. The van der Waals surface area contributed by atoms with Gasteiger partial charge in [-0.25, -0.2) is 8.78 Å². The molecule has 0 saturated heterocycles. The highest BCUT2D eigenvalue weighted by atomic mass is 19.1. The number of aromatic nitrogens is 1. The van der Waals surface area contributed by atoms with E-state index in [9.17, 15) is 18.4 Å². The molecule has 136 valence electrons. The number of hydrogen-bond acceptors (Lipinski definition) is 3. The number of rotatable bonds is 4. The molecule has 5 nitrogen and oxygen atoms in total. The predicted molar refractivity (Wildman–Crippen MR) is 97.7 cm³/mol. The molecule has 0 atom stereocenters. The zero-order valence-electron chi connectivity index (χ0n) is 14.3. The Hall–Kier alpha value is -3.61. The van der Waals surface area contributed by atoms with Crippen molar-refractivity contribution in [3.63, 3.8) is 0 Å². The van der Waals surface area contributed by atoms with Gasteiger partial charge in [-0.1, -0.05) is 17.7 Å². The Morgan fingerprint density at radius 1 is 0.889 bits per heavy atom. The van der Waals surface area contributed by atoms with E-state index in [0.717, 1.165) is 17.7 Å². The average Bonchev–Trinajstić information content (AvgIpc) is 2.66. The van der Waals surface area contributed by atoms with E-state index in [0.29, 0.717) is 11.8 Å². The molecule has 0 bridgehead atoms. The van der Waals surface area contributed by atoms with Crippen LogP contribution in [0.25, 0.3) is 0 Å². The van der Waals surface area contributed by atoms with Crippen LogP contribution in [0.15, 0.2) is 60.8 Å². The highest BCUT2D eigenvalue weighted by Crippen LogP contribution is 2.16. The van der Waals surface area contributed by atoms with Gasteiger partial charge in [0.2, 0.25) is 0 Å². The number of aryl methyl sites for hydroxylation is 1. The van der Waals surface area contributed by atoms with Gasteiger partial charge in [0.05, 0.1) is 5.69 Å². The number of amides is 2. The minimum Gasteiger partial charge on any atom is -0.321 e. The summed E-state index contributed by atoms with van der Waals surface area (Å²) in [6.07, 6.45) is 1.31. The molecule has 0 aliphatic rings. The van der Waals surface area contributed by atoms with Crippen molar-refractivity contribution in [2.45, 2.75) is 6.92 Å². The molecule has 0 unspecified atom stereocenters. The van der Waals surface area contributed by atoms with Crippen LogP contribution in [0, 0.1) is 18.6 Å². The molecule has 0 spiro atoms. The first kappa shape index (κ1) is 18.2. The zero-order valence-corrected chi connectivity index (χ0v) is 14.3. The second kappa shape index (κ2) is 7.74. The van der Waals surface area contributed by atoms with Gasteiger partial charge in [0.15, 0.2) is 0 Å². The number of carbonyl (C=O) groups excluding carboxylic acids is 2. The van der Waals surface area contributed by atoms with Gasteiger partial charge < -0.3 is 10.6 Å². The summed E-state index contributed by atoms with van der Waals surface area (Å²) in [5.41, 5.74) is 1.63. The molecule has 1 aromatic heterocycles. The summed E-state index contributed by atoms with van der Waals surface area (Å²) in [4.78, 5) is 28.6. The molecule has 0 aliphatic heterocycles. The molecule has 2 aromatic carbocycles. The number of anilines is 2. The van der Waals surface area contributed by atoms with Crippen LogP contribution < -0.4 is 10.6 Å². The average molecular weight is 367 g/mol. The zero-order chi connectivity index (χ0) is 19.4. The van der Waals surface area contributed by atoms with Crippen molar-refractivity contribution in [3.05, 3.63) is 89.2 Å². The third-order valence-electron chi connectivity index (χ3n) is 3.74. The fourth-order valence-corrected chi connectivity index (χ4v) is 2.31. The number of carbonyl (C=O) groups is 2. The highest BCUT2D eigenvalue weighted by Gasteiger charge is 2.14. The molecule has 3 aromatic rings. The Kier molecular flexibility index (Phi) is 5.21. The van der Waals surface area contributed by atoms with Crippen LogP contribution >= 0.6 is 0 Å². The molecular formula is C20H15F2N3O2. The van der Waals surface area contributed by atoms with E-state index < -0.39 is 23.4 Å². The fraction of sp³-hybridized carbons (Fsp3) is 0.0500. The Bertz CT molecular complexity index is 1000. The Balaban J connectivity index is 1.75. The van der Waals surface area contributed by atoms with Crippen molar-refractivity contribution in [2.24, 2.45) is 0 Å². The summed E-state index contributed by atoms with van der Waals surface area (Å²) in [7, 11) is 0. The van der Waals surface area contributed by atoms with Crippen molar-refractivity contribution in [3.8, 4) is 0 Å². The maximum absolute atomic E-state index is 13.7. The summed E-state index contributed by atoms with van der Waals surface area (Å²) in [5.74, 6) is -2.77. The lowest BCUT2D eigenvalue weighted by molar-refractivity contribution is 0.102. The van der Waals surface area contributed by atoms with Crippen LogP contribution in [0.2, 0.25) is 0 Å². The molecular weight excluding hydrogens is 352 g/mol. The van der Waals surface area contributed by atoms with Crippen molar-refractivity contribution < 1.29 is 18.4 Å². The number of nitrogens with zero attached hydrogens (tertiary/aromatic N) is 1. The normalized spacial score (nSPS) is 10.3. The molecule has 1 heterocycles. The second-order valence-corrected chi connectivity index (χ2v) is 5.83. The lowest BCUT2D eigenvalue weighted by atomic mass is 10.2. The van der Waals surface area contributed by atoms with Gasteiger partial charge in [-0.2, -0.15) is 0 Å². The molecule has 0 saturated carbocycles. The summed E-state index contributed by atoms with van der Waals surface area (Å²) in [6, 6.07) is 12.7. The van der Waals surface area contributed by atoms with Gasteiger partial charge in [-0.05, 0) is 43.3 Å². The van der Waals surface area contributed by atoms with Crippen molar-refractivity contribution >= 4 is 23.2 Å². The summed E-state index contributed by atoms with van der Waals surface area (Å²) in [5, 5.41) is 5.02. The van der Waals surface area contributed by atoms with E-state index in [4.69, 9.17) is 0 Å². The third kappa shape index (κ3) is 4.52. The SMILES string of the molecule is Cc1ccc(NC(=O)c2cc(C(=O)Nc3ccc(F)cc3F)ccn2)cc1. The molecule has 3 rings (SSSR count). The molecule has 0 fully saturated rings.